The first-order valence-electron chi connectivity index (χ1n) is 8.30. The van der Waals surface area contributed by atoms with Gasteiger partial charge in [0, 0.05) is 18.4 Å². The summed E-state index contributed by atoms with van der Waals surface area (Å²) >= 11 is 0. The van der Waals surface area contributed by atoms with Crippen molar-refractivity contribution in [3.8, 4) is 11.3 Å². The largest absolute Gasteiger partial charge is 0.366 e. The fraction of sp³-hybridized carbons (Fsp3) is 0.100. The number of carbonyl (C=O) groups excluding carboxylic acids is 1. The van der Waals surface area contributed by atoms with Crippen LogP contribution in [-0.4, -0.2) is 25.4 Å². The Bertz CT molecular complexity index is 1050. The minimum atomic E-state index is 0.196. The molecule has 0 spiro atoms. The van der Waals surface area contributed by atoms with Crippen molar-refractivity contribution in [3.05, 3.63) is 78.1 Å². The molecule has 0 radical (unpaired) electrons. The van der Waals surface area contributed by atoms with Gasteiger partial charge in [0.15, 0.2) is 5.65 Å². The number of nitrogens with zero attached hydrogens (tertiary/aromatic N) is 4. The number of Topliss-reactive ketones (excluding diaryl/α,β-unsaturated/α-hetero) is 1. The molecule has 2 aromatic heterocycles. The van der Waals surface area contributed by atoms with Gasteiger partial charge in [0.2, 0.25) is 5.95 Å². The maximum absolute atomic E-state index is 12.2. The standard InChI is InChI=1S/C20H17N5O/c21-20-23-19-12-22-18(13-25(19)24-20)16-8-6-15(7-9-16)11-17(26)10-14-4-2-1-3-5-14/h1-9,12-13H,10-11H2,(H2,21,24). The summed E-state index contributed by atoms with van der Waals surface area (Å²) in [7, 11) is 0. The van der Waals surface area contributed by atoms with Gasteiger partial charge in [-0.25, -0.2) is 4.52 Å². The van der Waals surface area contributed by atoms with Crippen LogP contribution >= 0.6 is 0 Å². The molecule has 0 saturated carbocycles. The molecule has 26 heavy (non-hydrogen) atoms. The van der Waals surface area contributed by atoms with Gasteiger partial charge < -0.3 is 5.73 Å². The predicted octanol–water partition coefficient (Wildman–Crippen LogP) is 2.73. The molecule has 2 heterocycles. The third-order valence-electron chi connectivity index (χ3n) is 4.13. The van der Waals surface area contributed by atoms with Gasteiger partial charge in [0.1, 0.15) is 5.78 Å². The van der Waals surface area contributed by atoms with E-state index >= 15 is 0 Å². The van der Waals surface area contributed by atoms with E-state index in [1.165, 1.54) is 0 Å². The highest BCUT2D eigenvalue weighted by Crippen LogP contribution is 2.18. The van der Waals surface area contributed by atoms with Crippen LogP contribution in [0.5, 0.6) is 0 Å². The summed E-state index contributed by atoms with van der Waals surface area (Å²) < 4.78 is 1.61. The second-order valence-corrected chi connectivity index (χ2v) is 6.12. The number of nitrogens with two attached hydrogens (primary N) is 1. The zero-order valence-corrected chi connectivity index (χ0v) is 14.0. The predicted molar refractivity (Wildman–Crippen MR) is 99.5 cm³/mol. The highest BCUT2D eigenvalue weighted by molar-refractivity contribution is 5.83. The van der Waals surface area contributed by atoms with Crippen LogP contribution in [0.4, 0.5) is 5.95 Å². The van der Waals surface area contributed by atoms with Gasteiger partial charge in [0.05, 0.1) is 18.1 Å². The number of rotatable bonds is 5. The van der Waals surface area contributed by atoms with Crippen LogP contribution in [0.2, 0.25) is 0 Å². The third-order valence-corrected chi connectivity index (χ3v) is 4.13. The molecule has 0 aliphatic heterocycles. The van der Waals surface area contributed by atoms with Crippen LogP contribution in [0.1, 0.15) is 11.1 Å². The number of anilines is 1. The molecule has 0 bridgehead atoms. The van der Waals surface area contributed by atoms with E-state index in [9.17, 15) is 4.79 Å². The van der Waals surface area contributed by atoms with E-state index in [0.717, 1.165) is 22.4 Å². The molecule has 6 heteroatoms. The number of nitrogen functional groups attached to an aromatic ring is 1. The number of benzene rings is 2. The molecule has 0 fully saturated rings. The summed E-state index contributed by atoms with van der Waals surface area (Å²) in [4.78, 5) is 20.7. The van der Waals surface area contributed by atoms with E-state index < -0.39 is 0 Å². The third kappa shape index (κ3) is 3.44. The Hall–Kier alpha value is -3.54. The molecule has 128 valence electrons. The van der Waals surface area contributed by atoms with Gasteiger partial charge in [-0.15, -0.1) is 5.10 Å². The van der Waals surface area contributed by atoms with Crippen molar-refractivity contribution in [2.75, 3.05) is 5.73 Å². The summed E-state index contributed by atoms with van der Waals surface area (Å²) in [5, 5.41) is 4.09. The van der Waals surface area contributed by atoms with Gasteiger partial charge >= 0.3 is 0 Å². The van der Waals surface area contributed by atoms with Crippen molar-refractivity contribution >= 4 is 17.4 Å². The van der Waals surface area contributed by atoms with E-state index in [1.54, 1.807) is 16.9 Å². The highest BCUT2D eigenvalue weighted by atomic mass is 16.1. The molecule has 0 amide bonds. The smallest absolute Gasteiger partial charge is 0.240 e. The molecular weight excluding hydrogens is 326 g/mol. The number of carbonyl (C=O) groups is 1. The molecule has 6 nitrogen and oxygen atoms in total. The summed E-state index contributed by atoms with van der Waals surface area (Å²) in [5.41, 5.74) is 9.94. The Labute approximate surface area is 150 Å². The lowest BCUT2D eigenvalue weighted by Crippen LogP contribution is -2.06. The van der Waals surface area contributed by atoms with Gasteiger partial charge in [-0.05, 0) is 11.1 Å². The zero-order chi connectivity index (χ0) is 17.9. The van der Waals surface area contributed by atoms with Crippen LogP contribution in [0.3, 0.4) is 0 Å². The fourth-order valence-electron chi connectivity index (χ4n) is 2.87. The topological polar surface area (TPSA) is 86.2 Å². The summed E-state index contributed by atoms with van der Waals surface area (Å²) in [6.45, 7) is 0. The lowest BCUT2D eigenvalue weighted by Gasteiger charge is -2.05. The quantitative estimate of drug-likeness (QED) is 0.602. The molecule has 0 atom stereocenters. The molecule has 0 saturated heterocycles. The van der Waals surface area contributed by atoms with Gasteiger partial charge in [-0.1, -0.05) is 54.6 Å². The second-order valence-electron chi connectivity index (χ2n) is 6.12. The normalized spacial score (nSPS) is 10.9. The van der Waals surface area contributed by atoms with Gasteiger partial charge in [0.25, 0.3) is 0 Å². The van der Waals surface area contributed by atoms with Crippen molar-refractivity contribution in [3.63, 3.8) is 0 Å². The summed E-state index contributed by atoms with van der Waals surface area (Å²) in [5.74, 6) is 0.415. The van der Waals surface area contributed by atoms with Gasteiger partial charge in [-0.3, -0.25) is 9.78 Å². The Morgan fingerprint density at radius 1 is 0.962 bits per heavy atom. The van der Waals surface area contributed by atoms with E-state index in [4.69, 9.17) is 5.73 Å². The van der Waals surface area contributed by atoms with E-state index in [0.29, 0.717) is 18.5 Å². The number of fused-ring (bicyclic) bond motifs is 1. The zero-order valence-electron chi connectivity index (χ0n) is 14.0. The van der Waals surface area contributed by atoms with Crippen LogP contribution in [-0.2, 0) is 17.6 Å². The maximum atomic E-state index is 12.2. The van der Waals surface area contributed by atoms with Crippen molar-refractivity contribution < 1.29 is 4.79 Å². The Morgan fingerprint density at radius 2 is 1.65 bits per heavy atom. The van der Waals surface area contributed by atoms with E-state index in [1.807, 2.05) is 54.6 Å². The monoisotopic (exact) mass is 343 g/mol. The van der Waals surface area contributed by atoms with Crippen molar-refractivity contribution in [2.45, 2.75) is 12.8 Å². The molecule has 4 rings (SSSR count). The van der Waals surface area contributed by atoms with Gasteiger partial charge in [-0.2, -0.15) is 4.98 Å². The lowest BCUT2D eigenvalue weighted by atomic mass is 10.0. The lowest BCUT2D eigenvalue weighted by molar-refractivity contribution is -0.117. The van der Waals surface area contributed by atoms with Crippen LogP contribution in [0.15, 0.2) is 67.0 Å². The van der Waals surface area contributed by atoms with E-state index in [2.05, 4.69) is 15.1 Å². The molecule has 0 aliphatic rings. The Kier molecular flexibility index (Phi) is 4.15. The highest BCUT2D eigenvalue weighted by Gasteiger charge is 2.07. The minimum absolute atomic E-state index is 0.196. The average Bonchev–Trinajstić information content (AvgIpc) is 3.02. The molecular formula is C20H17N5O. The SMILES string of the molecule is Nc1nc2cnc(-c3ccc(CC(=O)Cc4ccccc4)cc3)cn2n1. The van der Waals surface area contributed by atoms with Crippen molar-refractivity contribution in [2.24, 2.45) is 0 Å². The molecule has 2 N–H and O–H groups in total. The number of hydrogen-bond donors (Lipinski definition) is 1. The molecule has 4 aromatic rings. The fourth-order valence-corrected chi connectivity index (χ4v) is 2.87. The number of hydrogen-bond acceptors (Lipinski definition) is 5. The van der Waals surface area contributed by atoms with Crippen molar-refractivity contribution in [1.29, 1.82) is 0 Å². The van der Waals surface area contributed by atoms with Crippen molar-refractivity contribution in [1.82, 2.24) is 19.6 Å². The first kappa shape index (κ1) is 16.0. The molecule has 0 aliphatic carbocycles. The number of ketones is 1. The minimum Gasteiger partial charge on any atom is -0.366 e. The summed E-state index contributed by atoms with van der Waals surface area (Å²) in [6, 6.07) is 17.6. The van der Waals surface area contributed by atoms with Crippen LogP contribution in [0, 0.1) is 0 Å². The maximum Gasteiger partial charge on any atom is 0.240 e. The second kappa shape index (κ2) is 6.76. The first-order valence-corrected chi connectivity index (χ1v) is 8.30. The average molecular weight is 343 g/mol. The first-order chi connectivity index (χ1) is 12.7. The molecule has 0 unspecified atom stereocenters. The molecule has 2 aromatic carbocycles. The van der Waals surface area contributed by atoms with E-state index in [-0.39, 0.29) is 11.7 Å². The summed E-state index contributed by atoms with van der Waals surface area (Å²) in [6.07, 6.45) is 4.29. The number of aromatic nitrogens is 4. The Morgan fingerprint density at radius 3 is 2.38 bits per heavy atom. The Balaban J connectivity index is 1.48. The van der Waals surface area contributed by atoms with Crippen LogP contribution < -0.4 is 5.73 Å². The van der Waals surface area contributed by atoms with Crippen LogP contribution in [0.25, 0.3) is 16.9 Å².